The number of carboxylic acid groups (broad SMARTS) is 1. The van der Waals surface area contributed by atoms with Gasteiger partial charge < -0.3 is 25.5 Å². The van der Waals surface area contributed by atoms with Gasteiger partial charge in [0.1, 0.15) is 17.4 Å². The van der Waals surface area contributed by atoms with Crippen molar-refractivity contribution in [2.75, 3.05) is 10.2 Å². The maximum absolute atomic E-state index is 12.5. The molecule has 2 unspecified atom stereocenters. The molecule has 9 nitrogen and oxygen atoms in total. The Morgan fingerprint density at radius 1 is 1.29 bits per heavy atom. The van der Waals surface area contributed by atoms with Crippen LogP contribution in [-0.4, -0.2) is 27.0 Å². The summed E-state index contributed by atoms with van der Waals surface area (Å²) in [5, 5.41) is 13.1. The van der Waals surface area contributed by atoms with Crippen LogP contribution in [-0.2, 0) is 4.79 Å². The van der Waals surface area contributed by atoms with E-state index >= 15 is 0 Å². The molecule has 1 aliphatic heterocycles. The number of nitrogens with one attached hydrogen (secondary N) is 1. The number of anilines is 2. The zero-order valence-corrected chi connectivity index (χ0v) is 15.0. The van der Waals surface area contributed by atoms with Crippen molar-refractivity contribution in [1.82, 2.24) is 9.97 Å². The average Bonchev–Trinajstić information content (AvgIpc) is 3.31. The molecule has 4 heterocycles. The minimum Gasteiger partial charge on any atom is -0.478 e. The molecule has 1 amide bonds. The Labute approximate surface area is 163 Å². The monoisotopic (exact) mass is 399 g/mol. The fourth-order valence-electron chi connectivity index (χ4n) is 3.29. The van der Waals surface area contributed by atoms with E-state index in [0.29, 0.717) is 16.9 Å². The number of nitrogens with zero attached hydrogens (tertiary/aromatic N) is 3. The number of hydrogen-bond donors (Lipinski definition) is 3. The molecule has 2 atom stereocenters. The Kier molecular flexibility index (Phi) is 4.36. The van der Waals surface area contributed by atoms with Crippen molar-refractivity contribution in [3.63, 3.8) is 0 Å². The molecular formula is C18H14ClN5O4. The Hall–Kier alpha value is -3.59. The quantitative estimate of drug-likeness (QED) is 0.557. The highest BCUT2D eigenvalue weighted by Gasteiger charge is 2.42. The summed E-state index contributed by atoms with van der Waals surface area (Å²) < 4.78 is 5.16. The van der Waals surface area contributed by atoms with Gasteiger partial charge in [0, 0.05) is 23.5 Å². The number of fused-ring (bicyclic) bond motifs is 1. The van der Waals surface area contributed by atoms with Crippen LogP contribution in [0.2, 0.25) is 5.15 Å². The van der Waals surface area contributed by atoms with Gasteiger partial charge in [-0.05, 0) is 18.2 Å². The Morgan fingerprint density at radius 2 is 2.11 bits per heavy atom. The van der Waals surface area contributed by atoms with E-state index in [2.05, 4.69) is 15.3 Å². The number of primary amides is 1. The van der Waals surface area contributed by atoms with Gasteiger partial charge in [0.2, 0.25) is 5.91 Å². The lowest BCUT2D eigenvalue weighted by Gasteiger charge is -2.33. The summed E-state index contributed by atoms with van der Waals surface area (Å²) in [6.45, 7) is 0. The maximum Gasteiger partial charge on any atom is 0.338 e. The van der Waals surface area contributed by atoms with Crippen LogP contribution in [0.4, 0.5) is 11.5 Å². The second kappa shape index (κ2) is 6.86. The largest absolute Gasteiger partial charge is 0.478 e. The summed E-state index contributed by atoms with van der Waals surface area (Å²) in [6, 6.07) is 5.19. The molecule has 28 heavy (non-hydrogen) atoms. The molecule has 1 aliphatic rings. The van der Waals surface area contributed by atoms with Gasteiger partial charge >= 0.3 is 5.97 Å². The topological polar surface area (TPSA) is 135 Å². The summed E-state index contributed by atoms with van der Waals surface area (Å²) in [5.74, 6) is -1.53. The van der Waals surface area contributed by atoms with Crippen molar-refractivity contribution in [2.24, 2.45) is 5.73 Å². The molecule has 0 aliphatic carbocycles. The average molecular weight is 400 g/mol. The lowest BCUT2D eigenvalue weighted by Crippen LogP contribution is -2.40. The number of carbonyl (C=O) groups is 2. The van der Waals surface area contributed by atoms with Crippen molar-refractivity contribution in [3.05, 3.63) is 71.0 Å². The molecule has 0 bridgehead atoms. The molecule has 0 fully saturated rings. The van der Waals surface area contributed by atoms with E-state index in [1.54, 1.807) is 17.0 Å². The number of aromatic nitrogens is 2. The van der Waals surface area contributed by atoms with Gasteiger partial charge in [0.25, 0.3) is 0 Å². The number of carboxylic acids is 1. The summed E-state index contributed by atoms with van der Waals surface area (Å²) in [4.78, 5) is 34.1. The van der Waals surface area contributed by atoms with Crippen LogP contribution in [0, 0.1) is 0 Å². The van der Waals surface area contributed by atoms with Gasteiger partial charge in [-0.3, -0.25) is 4.79 Å². The minimum atomic E-state index is -1.16. The highest BCUT2D eigenvalue weighted by atomic mass is 35.5. The third-order valence-corrected chi connectivity index (χ3v) is 4.66. The molecule has 3 aromatic rings. The van der Waals surface area contributed by atoms with Gasteiger partial charge in [-0.2, -0.15) is 0 Å². The zero-order valence-electron chi connectivity index (χ0n) is 14.2. The number of amides is 1. The first-order chi connectivity index (χ1) is 13.5. The molecule has 4 rings (SSSR count). The molecular weight excluding hydrogens is 386 g/mol. The number of halogens is 1. The SMILES string of the molecule is NC(=O)C(c1ccc(Cl)nc1)N1c2c(C(=O)O)ccnc2NC1c1ccoc1. The van der Waals surface area contributed by atoms with E-state index in [9.17, 15) is 14.7 Å². The lowest BCUT2D eigenvalue weighted by molar-refractivity contribution is -0.119. The molecule has 0 saturated carbocycles. The van der Waals surface area contributed by atoms with Crippen LogP contribution in [0.1, 0.15) is 33.7 Å². The number of aromatic carboxylic acids is 1. The summed E-state index contributed by atoms with van der Waals surface area (Å²) in [7, 11) is 0. The third-order valence-electron chi connectivity index (χ3n) is 4.44. The van der Waals surface area contributed by atoms with E-state index in [4.69, 9.17) is 21.8 Å². The van der Waals surface area contributed by atoms with Crippen molar-refractivity contribution in [3.8, 4) is 0 Å². The van der Waals surface area contributed by atoms with Crippen LogP contribution in [0.15, 0.2) is 53.6 Å². The fraction of sp³-hybridized carbons (Fsp3) is 0.111. The smallest absolute Gasteiger partial charge is 0.338 e. The van der Waals surface area contributed by atoms with E-state index in [1.165, 1.54) is 37.1 Å². The highest BCUT2D eigenvalue weighted by molar-refractivity contribution is 6.29. The molecule has 4 N–H and O–H groups in total. The van der Waals surface area contributed by atoms with Crippen molar-refractivity contribution in [1.29, 1.82) is 0 Å². The minimum absolute atomic E-state index is 0.0170. The summed E-state index contributed by atoms with van der Waals surface area (Å²) in [6.07, 6.45) is 5.16. The highest BCUT2D eigenvalue weighted by Crippen LogP contribution is 2.47. The third kappa shape index (κ3) is 2.91. The number of hydrogen-bond acceptors (Lipinski definition) is 7. The number of carbonyl (C=O) groups excluding carboxylic acids is 1. The maximum atomic E-state index is 12.5. The molecule has 0 radical (unpaired) electrons. The van der Waals surface area contributed by atoms with Gasteiger partial charge in [0.05, 0.1) is 23.8 Å². The first-order valence-electron chi connectivity index (χ1n) is 8.17. The Morgan fingerprint density at radius 3 is 2.71 bits per heavy atom. The number of furan rings is 1. The number of pyridine rings is 2. The van der Waals surface area contributed by atoms with E-state index in [-0.39, 0.29) is 16.4 Å². The molecule has 0 spiro atoms. The van der Waals surface area contributed by atoms with Gasteiger partial charge in [0.15, 0.2) is 5.82 Å². The predicted molar refractivity (Wildman–Crippen MR) is 99.9 cm³/mol. The second-order valence-corrected chi connectivity index (χ2v) is 6.48. The fourth-order valence-corrected chi connectivity index (χ4v) is 3.40. The van der Waals surface area contributed by atoms with Crippen LogP contribution in [0.5, 0.6) is 0 Å². The van der Waals surface area contributed by atoms with Crippen LogP contribution >= 0.6 is 11.6 Å². The first kappa shape index (κ1) is 17.8. The molecule has 142 valence electrons. The van der Waals surface area contributed by atoms with E-state index < -0.39 is 24.1 Å². The molecule has 3 aromatic heterocycles. The Balaban J connectivity index is 1.93. The van der Waals surface area contributed by atoms with Crippen LogP contribution in [0.3, 0.4) is 0 Å². The summed E-state index contributed by atoms with van der Waals surface area (Å²) in [5.41, 5.74) is 7.09. The first-order valence-corrected chi connectivity index (χ1v) is 8.55. The van der Waals surface area contributed by atoms with Crippen LogP contribution < -0.4 is 16.0 Å². The zero-order chi connectivity index (χ0) is 19.8. The van der Waals surface area contributed by atoms with Gasteiger partial charge in [-0.1, -0.05) is 17.7 Å². The Bertz CT molecular complexity index is 1040. The standard InChI is InChI=1S/C18H14ClN5O4/c19-12-2-1-9(7-22-12)13(15(20)25)24-14-11(18(26)27)3-5-21-16(14)23-17(24)10-4-6-28-8-10/h1-8,13,17H,(H2,20,25)(H,21,23)(H,26,27). The van der Waals surface area contributed by atoms with Crippen LogP contribution in [0.25, 0.3) is 0 Å². The van der Waals surface area contributed by atoms with Gasteiger partial charge in [-0.15, -0.1) is 0 Å². The number of rotatable bonds is 5. The second-order valence-electron chi connectivity index (χ2n) is 6.09. The van der Waals surface area contributed by atoms with Crippen molar-refractivity contribution < 1.29 is 19.1 Å². The lowest BCUT2D eigenvalue weighted by atomic mass is 10.0. The van der Waals surface area contributed by atoms with Gasteiger partial charge in [-0.25, -0.2) is 14.8 Å². The predicted octanol–water partition coefficient (Wildman–Crippen LogP) is 2.58. The van der Waals surface area contributed by atoms with Crippen molar-refractivity contribution >= 4 is 35.0 Å². The van der Waals surface area contributed by atoms with Crippen molar-refractivity contribution in [2.45, 2.75) is 12.2 Å². The van der Waals surface area contributed by atoms with E-state index in [0.717, 1.165) is 0 Å². The summed E-state index contributed by atoms with van der Waals surface area (Å²) >= 11 is 5.86. The number of nitrogens with two attached hydrogens (primary N) is 1. The molecule has 0 saturated heterocycles. The van der Waals surface area contributed by atoms with E-state index in [1.807, 2.05) is 0 Å². The molecule has 10 heteroatoms. The normalized spacial score (nSPS) is 16.3. The molecule has 0 aromatic carbocycles.